The highest BCUT2D eigenvalue weighted by molar-refractivity contribution is 5.36. The molecule has 1 fully saturated rings. The van der Waals surface area contributed by atoms with Crippen molar-refractivity contribution >= 4 is 0 Å². The van der Waals surface area contributed by atoms with Gasteiger partial charge in [0.15, 0.2) is 11.6 Å². The van der Waals surface area contributed by atoms with Crippen molar-refractivity contribution in [2.75, 3.05) is 0 Å². The minimum absolute atomic E-state index is 0.117. The summed E-state index contributed by atoms with van der Waals surface area (Å²) in [4.78, 5) is 0. The van der Waals surface area contributed by atoms with Crippen molar-refractivity contribution in [2.24, 2.45) is 5.92 Å². The van der Waals surface area contributed by atoms with Crippen LogP contribution in [0, 0.1) is 23.1 Å². The molecular weight excluding hydrogens is 229 g/mol. The Morgan fingerprint density at radius 1 is 1.44 bits per heavy atom. The molecule has 2 nitrogen and oxygen atoms in total. The van der Waals surface area contributed by atoms with Gasteiger partial charge in [0.05, 0.1) is 17.7 Å². The summed E-state index contributed by atoms with van der Waals surface area (Å²) in [6.07, 6.45) is 5.70. The van der Waals surface area contributed by atoms with Gasteiger partial charge in [0.2, 0.25) is 0 Å². The quantitative estimate of drug-likeness (QED) is 0.807. The van der Waals surface area contributed by atoms with Gasteiger partial charge in [-0.25, -0.2) is 4.39 Å². The molecule has 1 aliphatic rings. The lowest BCUT2D eigenvalue weighted by Gasteiger charge is -2.29. The number of rotatable bonds is 3. The Labute approximate surface area is 107 Å². The van der Waals surface area contributed by atoms with Crippen LogP contribution in [0.3, 0.4) is 0 Å². The second-order valence-corrected chi connectivity index (χ2v) is 4.94. The topological polar surface area (TPSA) is 33.0 Å². The Morgan fingerprint density at radius 2 is 2.28 bits per heavy atom. The molecule has 18 heavy (non-hydrogen) atoms. The monoisotopic (exact) mass is 247 g/mol. The molecule has 0 spiro atoms. The largest absolute Gasteiger partial charge is 0.487 e. The lowest BCUT2D eigenvalue weighted by molar-refractivity contribution is 0.117. The van der Waals surface area contributed by atoms with Crippen LogP contribution in [0.25, 0.3) is 0 Å². The van der Waals surface area contributed by atoms with Crippen molar-refractivity contribution in [3.8, 4) is 11.8 Å². The average Bonchev–Trinajstić information content (AvgIpc) is 2.41. The first-order valence-electron chi connectivity index (χ1n) is 6.59. The molecule has 0 amide bonds. The summed E-state index contributed by atoms with van der Waals surface area (Å²) in [7, 11) is 0. The molecule has 0 heterocycles. The van der Waals surface area contributed by atoms with E-state index in [1.54, 1.807) is 12.1 Å². The minimum atomic E-state index is -0.437. The third-order valence-electron chi connectivity index (χ3n) is 3.67. The summed E-state index contributed by atoms with van der Waals surface area (Å²) in [5, 5.41) is 8.68. The molecule has 0 bridgehead atoms. The van der Waals surface area contributed by atoms with Gasteiger partial charge in [-0.1, -0.05) is 19.8 Å². The van der Waals surface area contributed by atoms with E-state index >= 15 is 0 Å². The SMILES string of the molecule is CCC1CCCC(Oc2ccc(C#N)cc2F)C1. The fourth-order valence-electron chi connectivity index (χ4n) is 2.57. The van der Waals surface area contributed by atoms with E-state index < -0.39 is 5.82 Å². The van der Waals surface area contributed by atoms with Crippen LogP contribution >= 0.6 is 0 Å². The van der Waals surface area contributed by atoms with Gasteiger partial charge in [-0.15, -0.1) is 0 Å². The van der Waals surface area contributed by atoms with Gasteiger partial charge in [0.1, 0.15) is 0 Å². The normalized spacial score (nSPS) is 23.4. The Morgan fingerprint density at radius 3 is 2.94 bits per heavy atom. The van der Waals surface area contributed by atoms with Crippen LogP contribution < -0.4 is 4.74 Å². The highest BCUT2D eigenvalue weighted by Crippen LogP contribution is 2.30. The molecule has 0 radical (unpaired) electrons. The molecule has 0 aliphatic heterocycles. The van der Waals surface area contributed by atoms with Gasteiger partial charge in [0.25, 0.3) is 0 Å². The van der Waals surface area contributed by atoms with Crippen LogP contribution in [0.15, 0.2) is 18.2 Å². The molecule has 1 aromatic rings. The molecule has 1 saturated carbocycles. The van der Waals surface area contributed by atoms with Crippen molar-refractivity contribution in [2.45, 2.75) is 45.1 Å². The van der Waals surface area contributed by atoms with Crippen LogP contribution in [0.4, 0.5) is 4.39 Å². The lowest BCUT2D eigenvalue weighted by Crippen LogP contribution is -2.25. The summed E-state index contributed by atoms with van der Waals surface area (Å²) >= 11 is 0. The Balaban J connectivity index is 2.03. The third-order valence-corrected chi connectivity index (χ3v) is 3.67. The molecule has 2 rings (SSSR count). The maximum Gasteiger partial charge on any atom is 0.166 e. The smallest absolute Gasteiger partial charge is 0.166 e. The van der Waals surface area contributed by atoms with Gasteiger partial charge in [0, 0.05) is 0 Å². The van der Waals surface area contributed by atoms with Crippen molar-refractivity contribution in [1.29, 1.82) is 5.26 Å². The van der Waals surface area contributed by atoms with Crippen molar-refractivity contribution in [1.82, 2.24) is 0 Å². The maximum atomic E-state index is 13.7. The minimum Gasteiger partial charge on any atom is -0.487 e. The predicted molar refractivity (Wildman–Crippen MR) is 67.8 cm³/mol. The molecule has 1 aromatic carbocycles. The molecule has 2 atom stereocenters. The number of hydrogen-bond acceptors (Lipinski definition) is 2. The van der Waals surface area contributed by atoms with E-state index in [1.165, 1.54) is 12.5 Å². The summed E-state index contributed by atoms with van der Waals surface area (Å²) in [5.41, 5.74) is 0.329. The molecule has 0 saturated heterocycles. The van der Waals surface area contributed by atoms with E-state index in [9.17, 15) is 4.39 Å². The third kappa shape index (κ3) is 3.01. The second kappa shape index (κ2) is 5.86. The summed E-state index contributed by atoms with van der Waals surface area (Å²) in [5.74, 6) is 0.536. The highest BCUT2D eigenvalue weighted by atomic mass is 19.1. The second-order valence-electron chi connectivity index (χ2n) is 4.94. The predicted octanol–water partition coefficient (Wildman–Crippen LogP) is 4.04. The number of nitriles is 1. The van der Waals surface area contributed by atoms with Gasteiger partial charge >= 0.3 is 0 Å². The molecule has 96 valence electrons. The molecule has 2 unspecified atom stereocenters. The van der Waals surface area contributed by atoms with E-state index in [0.717, 1.165) is 25.7 Å². The first kappa shape index (κ1) is 12.9. The molecule has 0 N–H and O–H groups in total. The average molecular weight is 247 g/mol. The van der Waals surface area contributed by atoms with Gasteiger partial charge in [-0.05, 0) is 43.4 Å². The van der Waals surface area contributed by atoms with Gasteiger partial charge < -0.3 is 4.74 Å². The lowest BCUT2D eigenvalue weighted by atomic mass is 9.85. The van der Waals surface area contributed by atoms with Crippen LogP contribution in [-0.2, 0) is 0 Å². The Bertz CT molecular complexity index is 452. The number of halogens is 1. The van der Waals surface area contributed by atoms with Crippen LogP contribution in [0.5, 0.6) is 5.75 Å². The molecule has 1 aliphatic carbocycles. The number of nitrogens with zero attached hydrogens (tertiary/aromatic N) is 1. The van der Waals surface area contributed by atoms with E-state index in [1.807, 2.05) is 6.07 Å². The molecule has 3 heteroatoms. The fraction of sp³-hybridized carbons (Fsp3) is 0.533. The van der Waals surface area contributed by atoms with Crippen molar-refractivity contribution in [3.05, 3.63) is 29.6 Å². The van der Waals surface area contributed by atoms with Crippen LogP contribution in [0.2, 0.25) is 0 Å². The van der Waals surface area contributed by atoms with E-state index in [2.05, 4.69) is 6.92 Å². The Hall–Kier alpha value is -1.56. The summed E-state index contributed by atoms with van der Waals surface area (Å²) in [6.45, 7) is 2.19. The van der Waals surface area contributed by atoms with Crippen molar-refractivity contribution < 1.29 is 9.13 Å². The van der Waals surface area contributed by atoms with Crippen LogP contribution in [0.1, 0.15) is 44.6 Å². The number of ether oxygens (including phenoxy) is 1. The first-order valence-corrected chi connectivity index (χ1v) is 6.59. The zero-order chi connectivity index (χ0) is 13.0. The fourth-order valence-corrected chi connectivity index (χ4v) is 2.57. The zero-order valence-electron chi connectivity index (χ0n) is 10.7. The standard InChI is InChI=1S/C15H18FNO/c1-2-11-4-3-5-13(8-11)18-15-7-6-12(10-17)9-14(15)16/h6-7,9,11,13H,2-5,8H2,1H3. The number of hydrogen-bond donors (Lipinski definition) is 0. The van der Waals surface area contributed by atoms with E-state index in [4.69, 9.17) is 10.00 Å². The maximum absolute atomic E-state index is 13.7. The molecular formula is C15H18FNO. The summed E-state index contributed by atoms with van der Waals surface area (Å²) < 4.78 is 19.4. The first-order chi connectivity index (χ1) is 8.72. The number of benzene rings is 1. The van der Waals surface area contributed by atoms with E-state index in [-0.39, 0.29) is 11.9 Å². The van der Waals surface area contributed by atoms with Gasteiger partial charge in [-0.3, -0.25) is 0 Å². The summed E-state index contributed by atoms with van der Waals surface area (Å²) in [6, 6.07) is 6.31. The van der Waals surface area contributed by atoms with Crippen molar-refractivity contribution in [3.63, 3.8) is 0 Å². The van der Waals surface area contributed by atoms with E-state index in [0.29, 0.717) is 11.5 Å². The molecule has 0 aromatic heterocycles. The van der Waals surface area contributed by atoms with Crippen LogP contribution in [-0.4, -0.2) is 6.10 Å². The zero-order valence-corrected chi connectivity index (χ0v) is 10.7. The Kier molecular flexibility index (Phi) is 4.19. The van der Waals surface area contributed by atoms with Gasteiger partial charge in [-0.2, -0.15) is 5.26 Å². The highest BCUT2D eigenvalue weighted by Gasteiger charge is 2.22.